The van der Waals surface area contributed by atoms with Gasteiger partial charge in [-0.2, -0.15) is 4.57 Å². The van der Waals surface area contributed by atoms with Crippen LogP contribution < -0.4 is 9.88 Å². The van der Waals surface area contributed by atoms with E-state index >= 15 is 0 Å². The molecule has 0 fully saturated rings. The fourth-order valence-corrected chi connectivity index (χ4v) is 1.04. The molecular formula is C10H17N2+. The molecule has 0 aliphatic heterocycles. The highest BCUT2D eigenvalue weighted by atomic mass is 15.0. The van der Waals surface area contributed by atoms with Gasteiger partial charge < -0.3 is 5.32 Å². The summed E-state index contributed by atoms with van der Waals surface area (Å²) in [5, 5.41) is 3.12. The topological polar surface area (TPSA) is 15.9 Å². The smallest absolute Gasteiger partial charge is 0.192 e. The SMILES string of the molecule is CNc1ccc[n+](C(C)(C)C)c1. The van der Waals surface area contributed by atoms with Crippen molar-refractivity contribution in [2.45, 2.75) is 26.3 Å². The Morgan fingerprint density at radius 1 is 1.33 bits per heavy atom. The number of anilines is 1. The predicted molar refractivity (Wildman–Crippen MR) is 51.2 cm³/mol. The molecule has 12 heavy (non-hydrogen) atoms. The molecule has 1 heterocycles. The molecule has 0 spiro atoms. The van der Waals surface area contributed by atoms with Gasteiger partial charge in [0.15, 0.2) is 17.9 Å². The highest BCUT2D eigenvalue weighted by Crippen LogP contribution is 2.06. The normalized spacial score (nSPS) is 11.3. The lowest BCUT2D eigenvalue weighted by molar-refractivity contribution is -0.753. The lowest BCUT2D eigenvalue weighted by atomic mass is 10.1. The number of hydrogen-bond acceptors (Lipinski definition) is 1. The number of hydrogen-bond donors (Lipinski definition) is 1. The Morgan fingerprint density at radius 3 is 2.50 bits per heavy atom. The Morgan fingerprint density at radius 2 is 2.00 bits per heavy atom. The Bertz CT molecular complexity index is 261. The van der Waals surface area contributed by atoms with Crippen LogP contribution >= 0.6 is 0 Å². The van der Waals surface area contributed by atoms with E-state index in [-0.39, 0.29) is 5.54 Å². The van der Waals surface area contributed by atoms with Gasteiger partial charge in [0.05, 0.1) is 5.69 Å². The summed E-state index contributed by atoms with van der Waals surface area (Å²) < 4.78 is 2.19. The molecule has 0 amide bonds. The van der Waals surface area contributed by atoms with Crippen LogP contribution in [0.2, 0.25) is 0 Å². The van der Waals surface area contributed by atoms with Gasteiger partial charge in [-0.25, -0.2) is 0 Å². The van der Waals surface area contributed by atoms with E-state index in [1.165, 1.54) is 0 Å². The summed E-state index contributed by atoms with van der Waals surface area (Å²) in [6.45, 7) is 6.56. The molecule has 0 radical (unpaired) electrons. The average Bonchev–Trinajstić information content (AvgIpc) is 2.03. The Labute approximate surface area is 74.2 Å². The molecule has 1 N–H and O–H groups in total. The zero-order valence-corrected chi connectivity index (χ0v) is 8.26. The first kappa shape index (κ1) is 9.04. The Balaban J connectivity index is 3.02. The standard InChI is InChI=1S/C10H17N2/c1-10(2,3)12-7-5-6-9(8-12)11-4/h5-8,11H,1-4H3/q+1. The van der Waals surface area contributed by atoms with Gasteiger partial charge in [0.2, 0.25) is 0 Å². The Hall–Kier alpha value is -1.05. The molecule has 2 nitrogen and oxygen atoms in total. The number of pyridine rings is 1. The summed E-state index contributed by atoms with van der Waals surface area (Å²) in [6, 6.07) is 4.11. The van der Waals surface area contributed by atoms with E-state index in [1.54, 1.807) is 0 Å². The molecule has 0 aliphatic carbocycles. The first-order valence-electron chi connectivity index (χ1n) is 4.23. The van der Waals surface area contributed by atoms with Crippen LogP contribution in [0.5, 0.6) is 0 Å². The third-order valence-corrected chi connectivity index (χ3v) is 1.86. The van der Waals surface area contributed by atoms with Crippen molar-refractivity contribution in [1.82, 2.24) is 0 Å². The van der Waals surface area contributed by atoms with Gasteiger partial charge in [-0.3, -0.25) is 0 Å². The van der Waals surface area contributed by atoms with Crippen LogP contribution in [0.15, 0.2) is 24.5 Å². The van der Waals surface area contributed by atoms with Gasteiger partial charge in [-0.15, -0.1) is 0 Å². The van der Waals surface area contributed by atoms with E-state index in [9.17, 15) is 0 Å². The van der Waals surface area contributed by atoms with Crippen molar-refractivity contribution in [1.29, 1.82) is 0 Å². The first-order chi connectivity index (χ1) is 5.54. The van der Waals surface area contributed by atoms with E-state index in [2.05, 4.69) is 55.2 Å². The maximum Gasteiger partial charge on any atom is 0.192 e. The number of nitrogens with zero attached hydrogens (tertiary/aromatic N) is 1. The molecule has 0 bridgehead atoms. The van der Waals surface area contributed by atoms with Crippen molar-refractivity contribution in [3.63, 3.8) is 0 Å². The minimum Gasteiger partial charge on any atom is -0.383 e. The first-order valence-corrected chi connectivity index (χ1v) is 4.23. The van der Waals surface area contributed by atoms with Crippen LogP contribution in [0.1, 0.15) is 20.8 Å². The Kier molecular flexibility index (Phi) is 2.36. The summed E-state index contributed by atoms with van der Waals surface area (Å²) in [5.41, 5.74) is 1.31. The van der Waals surface area contributed by atoms with Crippen molar-refractivity contribution in [2.24, 2.45) is 0 Å². The van der Waals surface area contributed by atoms with Gasteiger partial charge >= 0.3 is 0 Å². The van der Waals surface area contributed by atoms with Crippen molar-refractivity contribution in [3.05, 3.63) is 24.5 Å². The van der Waals surface area contributed by atoms with Crippen LogP contribution in [0.3, 0.4) is 0 Å². The summed E-state index contributed by atoms with van der Waals surface area (Å²) in [7, 11) is 1.93. The third-order valence-electron chi connectivity index (χ3n) is 1.86. The lowest BCUT2D eigenvalue weighted by Crippen LogP contribution is -2.49. The van der Waals surface area contributed by atoms with Crippen LogP contribution in [-0.4, -0.2) is 7.05 Å². The van der Waals surface area contributed by atoms with E-state index in [1.807, 2.05) is 7.05 Å². The maximum absolute atomic E-state index is 3.12. The number of aromatic nitrogens is 1. The van der Waals surface area contributed by atoms with Crippen LogP contribution in [0, 0.1) is 0 Å². The molecule has 66 valence electrons. The van der Waals surface area contributed by atoms with E-state index in [0.29, 0.717) is 0 Å². The third kappa shape index (κ3) is 1.97. The van der Waals surface area contributed by atoms with Gasteiger partial charge in [0.1, 0.15) is 0 Å². The molecular weight excluding hydrogens is 148 g/mol. The quantitative estimate of drug-likeness (QED) is 0.627. The molecule has 0 atom stereocenters. The molecule has 1 aromatic rings. The maximum atomic E-state index is 3.12. The summed E-state index contributed by atoms with van der Waals surface area (Å²) in [4.78, 5) is 0. The minimum atomic E-state index is 0.160. The van der Waals surface area contributed by atoms with Crippen molar-refractivity contribution in [2.75, 3.05) is 12.4 Å². The monoisotopic (exact) mass is 165 g/mol. The molecule has 0 unspecified atom stereocenters. The predicted octanol–water partition coefficient (Wildman–Crippen LogP) is 1.77. The summed E-state index contributed by atoms with van der Waals surface area (Å²) in [6.07, 6.45) is 4.20. The molecule has 1 aromatic heterocycles. The zero-order chi connectivity index (χ0) is 9.19. The van der Waals surface area contributed by atoms with E-state index < -0.39 is 0 Å². The fraction of sp³-hybridized carbons (Fsp3) is 0.500. The molecule has 2 heteroatoms. The van der Waals surface area contributed by atoms with Gasteiger partial charge in [0, 0.05) is 33.9 Å². The zero-order valence-electron chi connectivity index (χ0n) is 8.26. The van der Waals surface area contributed by atoms with Crippen LogP contribution in [0.4, 0.5) is 5.69 Å². The lowest BCUT2D eigenvalue weighted by Gasteiger charge is -2.13. The molecule has 0 saturated carbocycles. The van der Waals surface area contributed by atoms with Crippen molar-refractivity contribution in [3.8, 4) is 0 Å². The second kappa shape index (κ2) is 3.13. The largest absolute Gasteiger partial charge is 0.383 e. The fourth-order valence-electron chi connectivity index (χ4n) is 1.04. The second-order valence-electron chi connectivity index (χ2n) is 3.92. The molecule has 0 aliphatic rings. The van der Waals surface area contributed by atoms with Gasteiger partial charge in [-0.05, 0) is 6.07 Å². The second-order valence-corrected chi connectivity index (χ2v) is 3.92. The average molecular weight is 165 g/mol. The number of nitrogens with one attached hydrogen (secondary N) is 1. The van der Waals surface area contributed by atoms with Crippen molar-refractivity contribution >= 4 is 5.69 Å². The van der Waals surface area contributed by atoms with Crippen LogP contribution in [-0.2, 0) is 5.54 Å². The van der Waals surface area contributed by atoms with Gasteiger partial charge in [0.25, 0.3) is 0 Å². The van der Waals surface area contributed by atoms with E-state index in [0.717, 1.165) is 5.69 Å². The number of rotatable bonds is 1. The highest BCUT2D eigenvalue weighted by molar-refractivity contribution is 5.36. The van der Waals surface area contributed by atoms with Gasteiger partial charge in [-0.1, -0.05) is 0 Å². The van der Waals surface area contributed by atoms with Crippen molar-refractivity contribution < 1.29 is 4.57 Å². The molecule has 1 rings (SSSR count). The van der Waals surface area contributed by atoms with E-state index in [4.69, 9.17) is 0 Å². The highest BCUT2D eigenvalue weighted by Gasteiger charge is 2.20. The minimum absolute atomic E-state index is 0.160. The molecule has 0 aromatic carbocycles. The van der Waals surface area contributed by atoms with Crippen LogP contribution in [0.25, 0.3) is 0 Å². The summed E-state index contributed by atoms with van der Waals surface area (Å²) in [5.74, 6) is 0. The summed E-state index contributed by atoms with van der Waals surface area (Å²) >= 11 is 0. The molecule has 0 saturated heterocycles.